The number of methoxy groups -OCH3 is 1. The van der Waals surface area contributed by atoms with Gasteiger partial charge < -0.3 is 10.5 Å². The van der Waals surface area contributed by atoms with Gasteiger partial charge >= 0.3 is 0 Å². The van der Waals surface area contributed by atoms with Crippen LogP contribution in [0.25, 0.3) is 0 Å². The molecule has 1 unspecified atom stereocenters. The Morgan fingerprint density at radius 3 is 2.38 bits per heavy atom. The van der Waals surface area contributed by atoms with Crippen LogP contribution in [0.3, 0.4) is 0 Å². The first-order valence-electron chi connectivity index (χ1n) is 6.01. The molecule has 0 heterocycles. The zero-order chi connectivity index (χ0) is 11.8. The molecular weight excluding hydrogens is 198 g/mol. The summed E-state index contributed by atoms with van der Waals surface area (Å²) < 4.78 is 5.45. The number of ether oxygens (including phenoxy) is 1. The van der Waals surface area contributed by atoms with Crippen molar-refractivity contribution in [2.75, 3.05) is 7.11 Å². The van der Waals surface area contributed by atoms with Gasteiger partial charge in [-0.1, -0.05) is 32.0 Å². The molecule has 1 aromatic rings. The molecule has 0 bridgehead atoms. The third-order valence-electron chi connectivity index (χ3n) is 3.79. The molecule has 0 spiro atoms. The van der Waals surface area contributed by atoms with E-state index in [1.54, 1.807) is 7.11 Å². The van der Waals surface area contributed by atoms with Gasteiger partial charge in [-0.3, -0.25) is 0 Å². The summed E-state index contributed by atoms with van der Waals surface area (Å²) in [6, 6.07) is 8.50. The highest BCUT2D eigenvalue weighted by Gasteiger charge is 2.51. The minimum atomic E-state index is 0.167. The Kier molecular flexibility index (Phi) is 2.94. The number of hydrogen-bond donors (Lipinski definition) is 1. The number of benzene rings is 1. The fraction of sp³-hybridized carbons (Fsp3) is 0.571. The van der Waals surface area contributed by atoms with E-state index >= 15 is 0 Å². The van der Waals surface area contributed by atoms with Crippen LogP contribution in [0.5, 0.6) is 5.75 Å². The lowest BCUT2D eigenvalue weighted by molar-refractivity contribution is 0.369. The summed E-state index contributed by atoms with van der Waals surface area (Å²) in [5.74, 6) is 1.49. The average molecular weight is 219 g/mol. The molecule has 0 amide bonds. The van der Waals surface area contributed by atoms with Crippen LogP contribution < -0.4 is 10.5 Å². The molecule has 0 saturated heterocycles. The number of nitrogens with two attached hydrogens (primary N) is 1. The predicted molar refractivity (Wildman–Crippen MR) is 66.7 cm³/mol. The van der Waals surface area contributed by atoms with Crippen LogP contribution in [-0.2, 0) is 5.41 Å². The van der Waals surface area contributed by atoms with Crippen molar-refractivity contribution in [1.82, 2.24) is 0 Å². The highest BCUT2D eigenvalue weighted by Crippen LogP contribution is 2.54. The van der Waals surface area contributed by atoms with Crippen molar-refractivity contribution in [3.8, 4) is 5.75 Å². The second-order valence-corrected chi connectivity index (χ2v) is 5.13. The molecule has 2 nitrogen and oxygen atoms in total. The molecule has 0 radical (unpaired) electrons. The maximum Gasteiger partial charge on any atom is 0.122 e. The molecule has 1 aromatic carbocycles. The quantitative estimate of drug-likeness (QED) is 0.845. The Morgan fingerprint density at radius 2 is 1.88 bits per heavy atom. The molecule has 2 N–H and O–H groups in total. The molecule has 1 atom stereocenters. The average Bonchev–Trinajstić information content (AvgIpc) is 3.09. The van der Waals surface area contributed by atoms with E-state index in [4.69, 9.17) is 10.5 Å². The Hall–Kier alpha value is -1.02. The van der Waals surface area contributed by atoms with Crippen molar-refractivity contribution >= 4 is 0 Å². The second-order valence-electron chi connectivity index (χ2n) is 5.13. The maximum atomic E-state index is 6.36. The van der Waals surface area contributed by atoms with Crippen molar-refractivity contribution < 1.29 is 4.74 Å². The van der Waals surface area contributed by atoms with Crippen molar-refractivity contribution in [1.29, 1.82) is 0 Å². The topological polar surface area (TPSA) is 35.2 Å². The Labute approximate surface area is 97.8 Å². The first-order valence-corrected chi connectivity index (χ1v) is 6.01. The lowest BCUT2D eigenvalue weighted by atomic mass is 9.82. The zero-order valence-corrected chi connectivity index (χ0v) is 10.4. The lowest BCUT2D eigenvalue weighted by Gasteiger charge is -2.28. The predicted octanol–water partition coefficient (Wildman–Crippen LogP) is 2.71. The Morgan fingerprint density at radius 1 is 1.25 bits per heavy atom. The van der Waals surface area contributed by atoms with E-state index in [0.29, 0.717) is 5.92 Å². The van der Waals surface area contributed by atoms with E-state index in [-0.39, 0.29) is 11.5 Å². The molecule has 2 rings (SSSR count). The minimum Gasteiger partial charge on any atom is -0.496 e. The van der Waals surface area contributed by atoms with Crippen LogP contribution in [0.4, 0.5) is 0 Å². The van der Waals surface area contributed by atoms with Gasteiger partial charge in [0.1, 0.15) is 5.75 Å². The van der Waals surface area contributed by atoms with Gasteiger partial charge in [0.05, 0.1) is 7.11 Å². The van der Waals surface area contributed by atoms with Gasteiger partial charge in [0, 0.05) is 17.0 Å². The smallest absolute Gasteiger partial charge is 0.122 e. The van der Waals surface area contributed by atoms with Gasteiger partial charge in [-0.05, 0) is 24.8 Å². The molecular formula is C14H21NO. The Balaban J connectivity index is 2.36. The zero-order valence-electron chi connectivity index (χ0n) is 10.4. The van der Waals surface area contributed by atoms with Crippen LogP contribution in [-0.4, -0.2) is 13.2 Å². The molecule has 0 aromatic heterocycles. The van der Waals surface area contributed by atoms with Crippen molar-refractivity contribution in [3.63, 3.8) is 0 Å². The van der Waals surface area contributed by atoms with Gasteiger partial charge in [-0.15, -0.1) is 0 Å². The fourth-order valence-electron chi connectivity index (χ4n) is 2.61. The van der Waals surface area contributed by atoms with Crippen molar-refractivity contribution in [2.24, 2.45) is 11.7 Å². The van der Waals surface area contributed by atoms with Crippen molar-refractivity contribution in [2.45, 2.75) is 38.1 Å². The maximum absolute atomic E-state index is 6.36. The fourth-order valence-corrected chi connectivity index (χ4v) is 2.61. The summed E-state index contributed by atoms with van der Waals surface area (Å²) in [4.78, 5) is 0. The Bertz CT molecular complexity index is 369. The van der Waals surface area contributed by atoms with E-state index in [2.05, 4.69) is 26.0 Å². The molecule has 2 heteroatoms. The van der Waals surface area contributed by atoms with E-state index in [1.807, 2.05) is 12.1 Å². The van der Waals surface area contributed by atoms with Crippen LogP contribution in [0, 0.1) is 5.92 Å². The van der Waals surface area contributed by atoms with Gasteiger partial charge in [0.15, 0.2) is 0 Å². The normalized spacial score (nSPS) is 19.6. The summed E-state index contributed by atoms with van der Waals surface area (Å²) in [5.41, 5.74) is 7.81. The number of hydrogen-bond acceptors (Lipinski definition) is 2. The van der Waals surface area contributed by atoms with Gasteiger partial charge in [-0.25, -0.2) is 0 Å². The highest BCUT2D eigenvalue weighted by molar-refractivity contribution is 5.44. The van der Waals surface area contributed by atoms with Crippen LogP contribution in [0.2, 0.25) is 0 Å². The summed E-state index contributed by atoms with van der Waals surface area (Å²) in [7, 11) is 1.73. The molecule has 1 fully saturated rings. The van der Waals surface area contributed by atoms with Gasteiger partial charge in [0.2, 0.25) is 0 Å². The largest absolute Gasteiger partial charge is 0.496 e. The number of rotatable bonds is 4. The molecule has 0 aliphatic heterocycles. The first-order chi connectivity index (χ1) is 7.62. The minimum absolute atomic E-state index is 0.167. The molecule has 1 aliphatic carbocycles. The summed E-state index contributed by atoms with van der Waals surface area (Å²) >= 11 is 0. The van der Waals surface area contributed by atoms with E-state index < -0.39 is 0 Å². The summed E-state index contributed by atoms with van der Waals surface area (Å²) in [5, 5.41) is 0. The summed E-state index contributed by atoms with van der Waals surface area (Å²) in [6.07, 6.45) is 2.37. The van der Waals surface area contributed by atoms with Gasteiger partial charge in [-0.2, -0.15) is 0 Å². The van der Waals surface area contributed by atoms with E-state index in [1.165, 1.54) is 18.4 Å². The third kappa shape index (κ3) is 1.71. The highest BCUT2D eigenvalue weighted by atomic mass is 16.5. The van der Waals surface area contributed by atoms with Crippen molar-refractivity contribution in [3.05, 3.63) is 29.8 Å². The molecule has 1 aliphatic rings. The SMILES string of the molecule is COc1ccccc1C1(C(N)C(C)C)CC1. The van der Waals surface area contributed by atoms with Crippen LogP contribution in [0.1, 0.15) is 32.3 Å². The molecule has 16 heavy (non-hydrogen) atoms. The molecule has 1 saturated carbocycles. The van der Waals surface area contributed by atoms with Gasteiger partial charge in [0.25, 0.3) is 0 Å². The lowest BCUT2D eigenvalue weighted by Crippen LogP contribution is -2.39. The first kappa shape index (κ1) is 11.5. The van der Waals surface area contributed by atoms with Crippen LogP contribution >= 0.6 is 0 Å². The standard InChI is InChI=1S/C14H21NO/c1-10(2)13(15)14(8-9-14)11-6-4-5-7-12(11)16-3/h4-7,10,13H,8-9,15H2,1-3H3. The molecule has 88 valence electrons. The van der Waals surface area contributed by atoms with Crippen LogP contribution in [0.15, 0.2) is 24.3 Å². The third-order valence-corrected chi connectivity index (χ3v) is 3.79. The second kappa shape index (κ2) is 4.10. The monoisotopic (exact) mass is 219 g/mol. The van der Waals surface area contributed by atoms with E-state index in [0.717, 1.165) is 5.75 Å². The number of para-hydroxylation sites is 1. The van der Waals surface area contributed by atoms with E-state index in [9.17, 15) is 0 Å². The summed E-state index contributed by atoms with van der Waals surface area (Å²) in [6.45, 7) is 4.39.